The number of benzene rings is 10. The highest BCUT2D eigenvalue weighted by atomic mass is 15.0. The van der Waals surface area contributed by atoms with Crippen LogP contribution in [0.5, 0.6) is 0 Å². The van der Waals surface area contributed by atoms with Crippen LogP contribution in [0.4, 0.5) is 0 Å². The summed E-state index contributed by atoms with van der Waals surface area (Å²) >= 11 is 0. The fourth-order valence-electron chi connectivity index (χ4n) is 11.4. The Hall–Kier alpha value is -10.0. The van der Waals surface area contributed by atoms with Crippen LogP contribution in [0.25, 0.3) is 117 Å². The molecular formula is C72H52N6. The van der Waals surface area contributed by atoms with Crippen LogP contribution in [0.1, 0.15) is 17.1 Å². The summed E-state index contributed by atoms with van der Waals surface area (Å²) in [7, 11) is 0. The highest BCUT2D eigenvalue weighted by Crippen LogP contribution is 2.39. The topological polar surface area (TPSA) is 61.4 Å². The van der Waals surface area contributed by atoms with Crippen LogP contribution < -0.4 is 0 Å². The van der Waals surface area contributed by atoms with Gasteiger partial charge < -0.3 is 9.13 Å². The molecule has 0 N–H and O–H groups in total. The normalized spacial score (nSPS) is 11.5. The van der Waals surface area contributed by atoms with E-state index in [1.165, 1.54) is 77.1 Å². The van der Waals surface area contributed by atoms with Crippen LogP contribution in [0.15, 0.2) is 267 Å². The second-order valence-electron chi connectivity index (χ2n) is 20.1. The van der Waals surface area contributed by atoms with Crippen molar-refractivity contribution in [3.05, 3.63) is 284 Å². The number of fused-ring (bicyclic) bond motifs is 6. The highest BCUT2D eigenvalue weighted by molar-refractivity contribution is 6.12. The van der Waals surface area contributed by atoms with Crippen molar-refractivity contribution < 1.29 is 0 Å². The van der Waals surface area contributed by atoms with Crippen LogP contribution in [-0.2, 0) is 25.8 Å². The summed E-state index contributed by atoms with van der Waals surface area (Å²) in [6.07, 6.45) is 4.06. The molecule has 0 saturated heterocycles. The Balaban J connectivity index is 0.908. The summed E-state index contributed by atoms with van der Waals surface area (Å²) in [6, 6.07) is 93.2. The molecule has 0 aliphatic rings. The number of aryl methyl sites for hydroxylation is 4. The van der Waals surface area contributed by atoms with Gasteiger partial charge in [-0.2, -0.15) is 0 Å². The third-order valence-electron chi connectivity index (χ3n) is 15.3. The molecule has 4 aromatic heterocycles. The fraction of sp³-hybridized carbons (Fsp3) is 0.0556. The number of hydrogen-bond donors (Lipinski definition) is 0. The lowest BCUT2D eigenvalue weighted by Crippen LogP contribution is -2.09. The van der Waals surface area contributed by atoms with Gasteiger partial charge in [-0.25, -0.2) is 15.0 Å². The van der Waals surface area contributed by atoms with Crippen LogP contribution >= 0.6 is 0 Å². The molecule has 0 spiro atoms. The van der Waals surface area contributed by atoms with Gasteiger partial charge in [0.15, 0.2) is 11.6 Å². The molecule has 0 saturated carbocycles. The van der Waals surface area contributed by atoms with E-state index in [0.29, 0.717) is 30.9 Å². The molecule has 6 heteroatoms. The third-order valence-corrected chi connectivity index (χ3v) is 15.3. The molecule has 10 aromatic carbocycles. The predicted octanol–water partition coefficient (Wildman–Crippen LogP) is 17.5. The van der Waals surface area contributed by atoms with Gasteiger partial charge in [-0.05, 0) is 111 Å². The second-order valence-corrected chi connectivity index (χ2v) is 20.1. The molecule has 0 unspecified atom stereocenters. The van der Waals surface area contributed by atoms with E-state index < -0.39 is 0 Å². The van der Waals surface area contributed by atoms with E-state index >= 15 is 0 Å². The van der Waals surface area contributed by atoms with Gasteiger partial charge in [-0.15, -0.1) is 0 Å². The van der Waals surface area contributed by atoms with E-state index in [4.69, 9.17) is 19.9 Å². The van der Waals surface area contributed by atoms with Crippen LogP contribution in [0.2, 0.25) is 0 Å². The lowest BCUT2D eigenvalue weighted by Gasteiger charge is -2.15. The second kappa shape index (κ2) is 20.2. The first kappa shape index (κ1) is 46.5. The standard InChI is InChI=1S/C72H52N6/c1-7-19-49(20-8-1)55-31-36-66-61(44-55)62-45-56(50-21-9-2-10-22-50)32-37-67(62)77(66)42-41-65-59(35-40-70-74-71(53-27-15-5-16-28-53)76-72(75-70)54-29-17-6-18-30-54)43-60(48-73-65)78-68-38-33-57(51-23-11-3-12-24-51)46-63(68)64-47-58(34-39-69(64)78)52-25-13-4-14-26-52/h1-34,36-39,43-48H,35,40-42H2. The maximum Gasteiger partial charge on any atom is 0.163 e. The SMILES string of the molecule is c1ccc(-c2ccc3c(c2)c2cc(-c4ccccc4)ccc2n3CCc2ncc(-n3c4ccc(-c5ccccc5)cc4c4cc(-c5ccccc5)ccc43)cc2CCc2nc(-c3ccccc3)nc(-c3ccccc3)n2)cc1. The molecule has 0 amide bonds. The maximum absolute atomic E-state index is 5.50. The summed E-state index contributed by atoms with van der Waals surface area (Å²) in [4.78, 5) is 20.8. The lowest BCUT2D eigenvalue weighted by atomic mass is 10.0. The average molecular weight is 1000 g/mol. The zero-order valence-corrected chi connectivity index (χ0v) is 42.9. The van der Waals surface area contributed by atoms with E-state index in [0.717, 1.165) is 51.5 Å². The Kier molecular flexibility index (Phi) is 12.1. The van der Waals surface area contributed by atoms with Crippen LogP contribution in [0, 0.1) is 0 Å². The van der Waals surface area contributed by atoms with Crippen molar-refractivity contribution in [1.29, 1.82) is 0 Å². The zero-order chi connectivity index (χ0) is 51.8. The summed E-state index contributed by atoms with van der Waals surface area (Å²) in [5.41, 5.74) is 19.3. The van der Waals surface area contributed by atoms with E-state index in [1.807, 2.05) is 36.4 Å². The zero-order valence-electron chi connectivity index (χ0n) is 42.9. The quantitative estimate of drug-likeness (QED) is 0.115. The highest BCUT2D eigenvalue weighted by Gasteiger charge is 2.20. The molecule has 0 atom stereocenters. The monoisotopic (exact) mass is 1000 g/mol. The van der Waals surface area contributed by atoms with Crippen molar-refractivity contribution in [2.24, 2.45) is 0 Å². The molecule has 370 valence electrons. The first-order chi connectivity index (χ1) is 38.6. The number of nitrogens with zero attached hydrogens (tertiary/aromatic N) is 6. The first-order valence-electron chi connectivity index (χ1n) is 26.9. The third kappa shape index (κ3) is 8.89. The fourth-order valence-corrected chi connectivity index (χ4v) is 11.4. The maximum atomic E-state index is 5.50. The van der Waals surface area contributed by atoms with Crippen molar-refractivity contribution in [3.8, 4) is 73.0 Å². The molecule has 0 aliphatic heterocycles. The molecule has 6 nitrogen and oxygen atoms in total. The Morgan fingerprint density at radius 1 is 0.295 bits per heavy atom. The van der Waals surface area contributed by atoms with Gasteiger partial charge in [0.25, 0.3) is 0 Å². The first-order valence-corrected chi connectivity index (χ1v) is 26.9. The molecule has 14 aromatic rings. The Labute approximate surface area is 453 Å². The minimum Gasteiger partial charge on any atom is -0.340 e. The van der Waals surface area contributed by atoms with Gasteiger partial charge in [0.2, 0.25) is 0 Å². The van der Waals surface area contributed by atoms with Crippen molar-refractivity contribution in [1.82, 2.24) is 29.1 Å². The molecule has 0 radical (unpaired) electrons. The van der Waals surface area contributed by atoms with Crippen molar-refractivity contribution in [3.63, 3.8) is 0 Å². The molecule has 0 aliphatic carbocycles. The van der Waals surface area contributed by atoms with E-state index in [1.54, 1.807) is 0 Å². The lowest BCUT2D eigenvalue weighted by molar-refractivity contribution is 0.716. The number of rotatable bonds is 13. The molecule has 0 fully saturated rings. The summed E-state index contributed by atoms with van der Waals surface area (Å²) in [5.74, 6) is 2.07. The van der Waals surface area contributed by atoms with Gasteiger partial charge in [0.1, 0.15) is 5.82 Å². The number of pyridine rings is 1. The Morgan fingerprint density at radius 2 is 0.654 bits per heavy atom. The Morgan fingerprint density at radius 3 is 1.05 bits per heavy atom. The van der Waals surface area contributed by atoms with E-state index in [9.17, 15) is 0 Å². The summed E-state index contributed by atoms with van der Waals surface area (Å²) < 4.78 is 4.90. The smallest absolute Gasteiger partial charge is 0.163 e. The minimum atomic E-state index is 0.592. The van der Waals surface area contributed by atoms with Gasteiger partial charge in [-0.1, -0.05) is 206 Å². The minimum absolute atomic E-state index is 0.592. The largest absolute Gasteiger partial charge is 0.340 e. The Bertz CT molecular complexity index is 4210. The summed E-state index contributed by atoms with van der Waals surface area (Å²) in [5, 5.41) is 4.87. The van der Waals surface area contributed by atoms with Gasteiger partial charge in [-0.3, -0.25) is 4.98 Å². The molecule has 78 heavy (non-hydrogen) atoms. The van der Waals surface area contributed by atoms with Crippen LogP contribution in [0.3, 0.4) is 0 Å². The number of hydrogen-bond acceptors (Lipinski definition) is 4. The van der Waals surface area contributed by atoms with Crippen molar-refractivity contribution in [2.75, 3.05) is 0 Å². The van der Waals surface area contributed by atoms with Crippen molar-refractivity contribution in [2.45, 2.75) is 25.8 Å². The van der Waals surface area contributed by atoms with Crippen LogP contribution in [-0.4, -0.2) is 29.1 Å². The van der Waals surface area contributed by atoms with E-state index in [-0.39, 0.29) is 0 Å². The average Bonchev–Trinajstić information content (AvgIpc) is 4.16. The van der Waals surface area contributed by atoms with Gasteiger partial charge in [0.05, 0.1) is 22.9 Å². The summed E-state index contributed by atoms with van der Waals surface area (Å²) in [6.45, 7) is 0.733. The molecule has 0 bridgehead atoms. The van der Waals surface area contributed by atoms with Crippen molar-refractivity contribution >= 4 is 43.6 Å². The predicted molar refractivity (Wildman–Crippen MR) is 322 cm³/mol. The van der Waals surface area contributed by atoms with E-state index in [2.05, 4.69) is 240 Å². The number of aromatic nitrogens is 6. The molecule has 4 heterocycles. The molecular weight excluding hydrogens is 949 g/mol. The molecule has 14 rings (SSSR count). The van der Waals surface area contributed by atoms with Gasteiger partial charge in [0, 0.05) is 68.8 Å². The van der Waals surface area contributed by atoms with Gasteiger partial charge >= 0.3 is 0 Å².